The van der Waals surface area contributed by atoms with Gasteiger partial charge in [0.1, 0.15) is 5.75 Å². The molecule has 0 saturated heterocycles. The lowest BCUT2D eigenvalue weighted by Crippen LogP contribution is -1.83. The summed E-state index contributed by atoms with van der Waals surface area (Å²) < 4.78 is 5.14. The molecule has 0 aliphatic heterocycles. The van der Waals surface area contributed by atoms with Gasteiger partial charge in [0.2, 0.25) is 0 Å². The van der Waals surface area contributed by atoms with Crippen LogP contribution in [0.1, 0.15) is 25.3 Å². The number of benzene rings is 1. The van der Waals surface area contributed by atoms with E-state index >= 15 is 0 Å². The van der Waals surface area contributed by atoms with Crippen LogP contribution in [0.15, 0.2) is 42.0 Å². The van der Waals surface area contributed by atoms with Crippen LogP contribution in [-0.2, 0) is 0 Å². The zero-order valence-electron chi connectivity index (χ0n) is 9.29. The van der Waals surface area contributed by atoms with Crippen LogP contribution < -0.4 is 4.74 Å². The van der Waals surface area contributed by atoms with Crippen molar-refractivity contribution in [2.75, 3.05) is 7.11 Å². The summed E-state index contributed by atoms with van der Waals surface area (Å²) in [5.74, 6) is 0.914. The van der Waals surface area contributed by atoms with Gasteiger partial charge in [0, 0.05) is 0 Å². The van der Waals surface area contributed by atoms with Crippen LogP contribution in [0.25, 0.3) is 5.57 Å². The molecule has 1 aliphatic carbocycles. The summed E-state index contributed by atoms with van der Waals surface area (Å²) in [4.78, 5) is 0. The van der Waals surface area contributed by atoms with Crippen LogP contribution >= 0.6 is 0 Å². The number of rotatable bonds is 3. The van der Waals surface area contributed by atoms with Gasteiger partial charge < -0.3 is 4.74 Å². The fourth-order valence-corrected chi connectivity index (χ4v) is 1.81. The first-order valence-corrected chi connectivity index (χ1v) is 5.37. The molecule has 78 valence electrons. The highest BCUT2D eigenvalue weighted by atomic mass is 16.5. The molecule has 1 heteroatoms. The van der Waals surface area contributed by atoms with Crippen molar-refractivity contribution in [3.05, 3.63) is 47.6 Å². The van der Waals surface area contributed by atoms with Crippen LogP contribution in [0.3, 0.4) is 0 Å². The van der Waals surface area contributed by atoms with Crippen LogP contribution in [0.5, 0.6) is 5.75 Å². The molecule has 0 heterocycles. The van der Waals surface area contributed by atoms with Gasteiger partial charge in [0.25, 0.3) is 0 Å². The molecule has 0 atom stereocenters. The summed E-state index contributed by atoms with van der Waals surface area (Å²) in [6.07, 6.45) is 6.84. The Hall–Kier alpha value is -1.50. The van der Waals surface area contributed by atoms with Crippen molar-refractivity contribution in [3.8, 4) is 5.75 Å². The SMILES string of the molecule is CCC1=CC(c2ccc(OC)cc2)=CC1. The number of methoxy groups -OCH3 is 1. The second kappa shape index (κ2) is 4.35. The van der Waals surface area contributed by atoms with E-state index in [4.69, 9.17) is 4.74 Å². The molecule has 1 aromatic rings. The van der Waals surface area contributed by atoms with Gasteiger partial charge in [-0.3, -0.25) is 0 Å². The fourth-order valence-electron chi connectivity index (χ4n) is 1.81. The minimum Gasteiger partial charge on any atom is -0.497 e. The molecule has 0 amide bonds. The third kappa shape index (κ3) is 2.12. The monoisotopic (exact) mass is 200 g/mol. The molecule has 1 aromatic carbocycles. The molecule has 0 fully saturated rings. The standard InChI is InChI=1S/C14H16O/c1-3-11-4-5-13(10-11)12-6-8-14(15-2)9-7-12/h5-10H,3-4H2,1-2H3. The molecule has 0 aromatic heterocycles. The van der Waals surface area contributed by atoms with E-state index in [9.17, 15) is 0 Å². The van der Waals surface area contributed by atoms with Crippen molar-refractivity contribution in [1.82, 2.24) is 0 Å². The van der Waals surface area contributed by atoms with E-state index in [0.29, 0.717) is 0 Å². The van der Waals surface area contributed by atoms with Crippen molar-refractivity contribution < 1.29 is 4.74 Å². The van der Waals surface area contributed by atoms with Crippen molar-refractivity contribution in [3.63, 3.8) is 0 Å². The van der Waals surface area contributed by atoms with Crippen LogP contribution in [-0.4, -0.2) is 7.11 Å². The number of allylic oxidation sites excluding steroid dienone is 4. The Bertz CT molecular complexity index is 396. The highest BCUT2D eigenvalue weighted by Gasteiger charge is 2.06. The van der Waals surface area contributed by atoms with Crippen LogP contribution in [0.2, 0.25) is 0 Å². The topological polar surface area (TPSA) is 9.23 Å². The first-order chi connectivity index (χ1) is 7.33. The Kier molecular flexibility index (Phi) is 2.91. The van der Waals surface area contributed by atoms with Crippen molar-refractivity contribution in [1.29, 1.82) is 0 Å². The molecule has 0 saturated carbocycles. The third-order valence-corrected chi connectivity index (χ3v) is 2.82. The van der Waals surface area contributed by atoms with Gasteiger partial charge in [-0.25, -0.2) is 0 Å². The molecule has 0 N–H and O–H groups in total. The van der Waals surface area contributed by atoms with Gasteiger partial charge >= 0.3 is 0 Å². The molecule has 1 aliphatic rings. The highest BCUT2D eigenvalue weighted by molar-refractivity contribution is 5.77. The second-order valence-corrected chi connectivity index (χ2v) is 3.75. The predicted octanol–water partition coefficient (Wildman–Crippen LogP) is 3.82. The van der Waals surface area contributed by atoms with E-state index in [-0.39, 0.29) is 0 Å². The third-order valence-electron chi connectivity index (χ3n) is 2.82. The maximum Gasteiger partial charge on any atom is 0.118 e. The Morgan fingerprint density at radius 3 is 2.47 bits per heavy atom. The van der Waals surface area contributed by atoms with Crippen LogP contribution in [0.4, 0.5) is 0 Å². The summed E-state index contributed by atoms with van der Waals surface area (Å²) in [5.41, 5.74) is 4.13. The van der Waals surface area contributed by atoms with Crippen LogP contribution in [0, 0.1) is 0 Å². The quantitative estimate of drug-likeness (QED) is 0.720. The first kappa shape index (κ1) is 10.0. The molecule has 1 nitrogen and oxygen atoms in total. The lowest BCUT2D eigenvalue weighted by molar-refractivity contribution is 0.415. The van der Waals surface area contributed by atoms with Gasteiger partial charge in [-0.2, -0.15) is 0 Å². The van der Waals surface area contributed by atoms with Gasteiger partial charge in [0.15, 0.2) is 0 Å². The molecule has 0 spiro atoms. The maximum atomic E-state index is 5.14. The van der Waals surface area contributed by atoms with E-state index in [1.807, 2.05) is 12.1 Å². The Balaban J connectivity index is 2.20. The largest absolute Gasteiger partial charge is 0.497 e. The van der Waals surface area contributed by atoms with Crippen molar-refractivity contribution in [2.45, 2.75) is 19.8 Å². The predicted molar refractivity (Wildman–Crippen MR) is 64.0 cm³/mol. The Labute approximate surface area is 91.1 Å². The zero-order valence-corrected chi connectivity index (χ0v) is 9.29. The van der Waals surface area contributed by atoms with Gasteiger partial charge in [-0.15, -0.1) is 0 Å². The smallest absolute Gasteiger partial charge is 0.118 e. The average Bonchev–Trinajstić information content (AvgIpc) is 2.78. The second-order valence-electron chi connectivity index (χ2n) is 3.75. The average molecular weight is 200 g/mol. The fraction of sp³-hybridized carbons (Fsp3) is 0.286. The van der Waals surface area contributed by atoms with E-state index in [1.54, 1.807) is 7.11 Å². The number of ether oxygens (including phenoxy) is 1. The van der Waals surface area contributed by atoms with E-state index in [0.717, 1.165) is 18.6 Å². The summed E-state index contributed by atoms with van der Waals surface area (Å²) in [5, 5.41) is 0. The van der Waals surface area contributed by atoms with Crippen molar-refractivity contribution >= 4 is 5.57 Å². The van der Waals surface area contributed by atoms with E-state index in [2.05, 4.69) is 31.2 Å². The van der Waals surface area contributed by atoms with E-state index < -0.39 is 0 Å². The number of hydrogen-bond acceptors (Lipinski definition) is 1. The minimum absolute atomic E-state index is 0.914. The molecule has 0 radical (unpaired) electrons. The normalized spacial score (nSPS) is 14.8. The Morgan fingerprint density at radius 2 is 1.93 bits per heavy atom. The lowest BCUT2D eigenvalue weighted by Gasteiger charge is -2.02. The van der Waals surface area contributed by atoms with Crippen molar-refractivity contribution in [2.24, 2.45) is 0 Å². The lowest BCUT2D eigenvalue weighted by atomic mass is 10.1. The summed E-state index contributed by atoms with van der Waals surface area (Å²) >= 11 is 0. The molecular weight excluding hydrogens is 184 g/mol. The maximum absolute atomic E-state index is 5.14. The molecule has 15 heavy (non-hydrogen) atoms. The molecule has 0 unspecified atom stereocenters. The van der Waals surface area contributed by atoms with E-state index in [1.165, 1.54) is 16.7 Å². The molecular formula is C14H16O. The van der Waals surface area contributed by atoms with Gasteiger partial charge in [-0.05, 0) is 36.1 Å². The van der Waals surface area contributed by atoms with Gasteiger partial charge in [0.05, 0.1) is 7.11 Å². The zero-order chi connectivity index (χ0) is 10.7. The number of hydrogen-bond donors (Lipinski definition) is 0. The summed E-state index contributed by atoms with van der Waals surface area (Å²) in [7, 11) is 1.69. The molecule has 0 bridgehead atoms. The first-order valence-electron chi connectivity index (χ1n) is 5.37. The summed E-state index contributed by atoms with van der Waals surface area (Å²) in [6, 6.07) is 8.24. The Morgan fingerprint density at radius 1 is 1.20 bits per heavy atom. The highest BCUT2D eigenvalue weighted by Crippen LogP contribution is 2.28. The molecule has 2 rings (SSSR count). The minimum atomic E-state index is 0.914. The summed E-state index contributed by atoms with van der Waals surface area (Å²) in [6.45, 7) is 2.20. The van der Waals surface area contributed by atoms with Gasteiger partial charge in [-0.1, -0.05) is 36.8 Å².